The molecule has 210 valence electrons. The number of hydrogen-bond acceptors (Lipinski definition) is 8. The number of benzene rings is 2. The molecule has 4 rings (SSSR count). The van der Waals surface area contributed by atoms with E-state index in [1.165, 1.54) is 18.2 Å². The van der Waals surface area contributed by atoms with Gasteiger partial charge in [-0.1, -0.05) is 0 Å². The summed E-state index contributed by atoms with van der Waals surface area (Å²) in [5, 5.41) is -0.124. The van der Waals surface area contributed by atoms with E-state index in [0.29, 0.717) is 29.8 Å². The van der Waals surface area contributed by atoms with Crippen LogP contribution in [-0.4, -0.2) is 45.0 Å². The molecule has 1 aromatic heterocycles. The van der Waals surface area contributed by atoms with Crippen LogP contribution in [0.4, 0.5) is 14.5 Å². The molecular weight excluding hydrogens is 550 g/mol. The number of hydrogen-bond donors (Lipinski definition) is 1. The summed E-state index contributed by atoms with van der Waals surface area (Å²) in [5.74, 6) is -0.628. The van der Waals surface area contributed by atoms with E-state index in [1.807, 2.05) is 20.8 Å². The molecule has 0 amide bonds. The van der Waals surface area contributed by atoms with Crippen LogP contribution in [0.1, 0.15) is 39.2 Å². The van der Waals surface area contributed by atoms with E-state index in [1.54, 1.807) is 24.5 Å². The van der Waals surface area contributed by atoms with Gasteiger partial charge in [0.25, 0.3) is 0 Å². The van der Waals surface area contributed by atoms with Crippen molar-refractivity contribution in [3.05, 3.63) is 65.1 Å². The van der Waals surface area contributed by atoms with E-state index >= 15 is 0 Å². The lowest BCUT2D eigenvalue weighted by atomic mass is 9.90. The molecule has 3 aromatic rings. The van der Waals surface area contributed by atoms with Gasteiger partial charge in [0, 0.05) is 36.4 Å². The Morgan fingerprint density at radius 1 is 1.13 bits per heavy atom. The number of nitrogens with two attached hydrogens (primary N) is 1. The smallest absolute Gasteiger partial charge is 0.223 e. The molecule has 2 N–H and O–H groups in total. The van der Waals surface area contributed by atoms with Crippen molar-refractivity contribution in [1.29, 1.82) is 0 Å². The molecule has 2 atom stereocenters. The molecule has 0 spiro atoms. The summed E-state index contributed by atoms with van der Waals surface area (Å²) >= 11 is 5.76. The van der Waals surface area contributed by atoms with E-state index in [9.17, 15) is 13.0 Å². The summed E-state index contributed by atoms with van der Waals surface area (Å²) in [4.78, 5) is 7.45. The summed E-state index contributed by atoms with van der Waals surface area (Å²) < 4.78 is 63.3. The highest BCUT2D eigenvalue weighted by molar-refractivity contribution is 7.92. The Bertz CT molecular complexity index is 1490. The third-order valence-corrected chi connectivity index (χ3v) is 7.62. The van der Waals surface area contributed by atoms with Gasteiger partial charge >= 0.3 is 0 Å². The van der Waals surface area contributed by atoms with Crippen LogP contribution >= 0.6 is 11.6 Å². The predicted octanol–water partition coefficient (Wildman–Crippen LogP) is 6.02. The zero-order chi connectivity index (χ0) is 28.4. The molecule has 1 aliphatic heterocycles. The lowest BCUT2D eigenvalue weighted by Crippen LogP contribution is -2.53. The van der Waals surface area contributed by atoms with Crippen molar-refractivity contribution in [3.63, 3.8) is 0 Å². The van der Waals surface area contributed by atoms with Gasteiger partial charge in [-0.3, -0.25) is 0 Å². The first kappa shape index (κ1) is 29.0. The highest BCUT2D eigenvalue weighted by Gasteiger charge is 2.48. The minimum atomic E-state index is -2.58. The molecular formula is C27H31ClF2N4O4S. The Labute approximate surface area is 232 Å². The summed E-state index contributed by atoms with van der Waals surface area (Å²) in [5.41, 5.74) is 6.47. The molecule has 0 radical (unpaired) electrons. The summed E-state index contributed by atoms with van der Waals surface area (Å²) in [6, 6.07) is 9.09. The highest BCUT2D eigenvalue weighted by Crippen LogP contribution is 2.42. The van der Waals surface area contributed by atoms with Gasteiger partial charge in [0.1, 0.15) is 11.4 Å². The van der Waals surface area contributed by atoms with Gasteiger partial charge in [0.2, 0.25) is 5.28 Å². The van der Waals surface area contributed by atoms with Gasteiger partial charge < -0.3 is 19.9 Å². The molecule has 2 unspecified atom stereocenters. The molecule has 1 aliphatic rings. The fourth-order valence-electron chi connectivity index (χ4n) is 4.77. The zero-order valence-electron chi connectivity index (χ0n) is 22.2. The normalized spacial score (nSPS) is 19.6. The molecule has 8 nitrogen and oxygen atoms in total. The van der Waals surface area contributed by atoms with Crippen molar-refractivity contribution in [2.45, 2.75) is 50.7 Å². The number of aromatic nitrogens is 2. The first-order valence-electron chi connectivity index (χ1n) is 12.3. The Morgan fingerprint density at radius 3 is 2.56 bits per heavy atom. The first-order chi connectivity index (χ1) is 18.2. The maximum Gasteiger partial charge on any atom is 0.223 e. The SMILES string of the molecule is CC1(C)CC(C)(N=S(C)(=O)Cc2cc(N)cc(OCCCOc3cc(-c4nc(Cl)ncc4F)ccc3F)c2)O1. The standard InChI is InChI=1S/C27H31ClF2N4O4S/c1-26(2)16-27(3,38-26)34-39(4,35)15-17-10-19(31)13-20(11-17)36-8-5-9-37-23-12-18(6-7-21(23)29)24-22(30)14-32-25(28)33-24/h6-7,10-14H,5,8-9,15-16,31H2,1-4H3. The molecule has 1 fully saturated rings. The van der Waals surface area contributed by atoms with Gasteiger partial charge in [0.05, 0.1) is 40.5 Å². The molecule has 0 aliphatic carbocycles. The Morgan fingerprint density at radius 2 is 1.85 bits per heavy atom. The zero-order valence-corrected chi connectivity index (χ0v) is 23.7. The third kappa shape index (κ3) is 7.77. The fraction of sp³-hybridized carbons (Fsp3) is 0.407. The Hall–Kier alpha value is -3.02. The maximum atomic E-state index is 14.3. The van der Waals surface area contributed by atoms with Crippen molar-refractivity contribution in [2.75, 3.05) is 25.2 Å². The molecule has 39 heavy (non-hydrogen) atoms. The van der Waals surface area contributed by atoms with Gasteiger partial charge in [-0.05, 0) is 68.3 Å². The van der Waals surface area contributed by atoms with Crippen molar-refractivity contribution in [1.82, 2.24) is 9.97 Å². The maximum absolute atomic E-state index is 14.3. The van der Waals surface area contributed by atoms with Crippen LogP contribution in [0, 0.1) is 11.6 Å². The number of nitrogens with zero attached hydrogens (tertiary/aromatic N) is 3. The van der Waals surface area contributed by atoms with Crippen LogP contribution in [0.5, 0.6) is 11.5 Å². The van der Waals surface area contributed by atoms with E-state index in [0.717, 1.165) is 11.8 Å². The van der Waals surface area contributed by atoms with E-state index in [-0.39, 0.29) is 41.3 Å². The summed E-state index contributed by atoms with van der Waals surface area (Å²) in [7, 11) is -2.58. The predicted molar refractivity (Wildman–Crippen MR) is 147 cm³/mol. The van der Waals surface area contributed by atoms with Gasteiger partial charge in [0.15, 0.2) is 23.1 Å². The van der Waals surface area contributed by atoms with Gasteiger partial charge in [-0.2, -0.15) is 0 Å². The van der Waals surface area contributed by atoms with Crippen LogP contribution < -0.4 is 15.2 Å². The van der Waals surface area contributed by atoms with E-state index in [4.69, 9.17) is 31.5 Å². The van der Waals surface area contributed by atoms with Crippen molar-refractivity contribution in [2.24, 2.45) is 4.36 Å². The van der Waals surface area contributed by atoms with Crippen LogP contribution in [0.25, 0.3) is 11.3 Å². The number of rotatable bonds is 10. The van der Waals surface area contributed by atoms with Gasteiger partial charge in [-0.15, -0.1) is 0 Å². The first-order valence-corrected chi connectivity index (χ1v) is 14.7. The molecule has 2 aromatic carbocycles. The minimum Gasteiger partial charge on any atom is -0.493 e. The molecule has 0 saturated carbocycles. The Balaban J connectivity index is 1.33. The van der Waals surface area contributed by atoms with Crippen LogP contribution in [-0.2, 0) is 20.2 Å². The molecule has 12 heteroatoms. The van der Waals surface area contributed by atoms with E-state index in [2.05, 4.69) is 14.3 Å². The van der Waals surface area contributed by atoms with Crippen LogP contribution in [0.15, 0.2) is 47.0 Å². The number of anilines is 1. The second-order valence-corrected chi connectivity index (χ2v) is 13.1. The highest BCUT2D eigenvalue weighted by atomic mass is 35.5. The number of halogens is 3. The second kappa shape index (κ2) is 11.2. The van der Waals surface area contributed by atoms with Crippen LogP contribution in [0.3, 0.4) is 0 Å². The third-order valence-electron chi connectivity index (χ3n) is 5.79. The number of ether oxygens (including phenoxy) is 3. The van der Waals surface area contributed by atoms with Crippen molar-refractivity contribution in [3.8, 4) is 22.8 Å². The van der Waals surface area contributed by atoms with Crippen LogP contribution in [0.2, 0.25) is 5.28 Å². The van der Waals surface area contributed by atoms with E-state index < -0.39 is 27.1 Å². The fourth-order valence-corrected chi connectivity index (χ4v) is 6.67. The quantitative estimate of drug-likeness (QED) is 0.177. The average molecular weight is 581 g/mol. The summed E-state index contributed by atoms with van der Waals surface area (Å²) in [6.07, 6.45) is 3.67. The lowest BCUT2D eigenvalue weighted by Gasteiger charge is -2.48. The number of nitrogen functional groups attached to an aromatic ring is 1. The lowest BCUT2D eigenvalue weighted by molar-refractivity contribution is -0.241. The summed E-state index contributed by atoms with van der Waals surface area (Å²) in [6.45, 7) is 6.18. The topological polar surface area (TPSA) is 109 Å². The molecule has 0 bridgehead atoms. The Kier molecular flexibility index (Phi) is 8.34. The largest absolute Gasteiger partial charge is 0.493 e. The van der Waals surface area contributed by atoms with Gasteiger partial charge in [-0.25, -0.2) is 27.3 Å². The second-order valence-electron chi connectivity index (χ2n) is 10.4. The molecule has 1 saturated heterocycles. The van der Waals surface area contributed by atoms with Crippen molar-refractivity contribution >= 4 is 27.0 Å². The average Bonchev–Trinajstić information content (AvgIpc) is 2.79. The monoisotopic (exact) mass is 580 g/mol. The van der Waals surface area contributed by atoms with Crippen molar-refractivity contribution < 1.29 is 27.2 Å². The minimum absolute atomic E-state index is 0.0531. The molecule has 2 heterocycles.